The molecule has 1 aliphatic rings. The van der Waals surface area contributed by atoms with Crippen molar-refractivity contribution in [3.63, 3.8) is 0 Å². The number of pyridine rings is 1. The highest BCUT2D eigenvalue weighted by atomic mass is 35.5. The third-order valence-electron chi connectivity index (χ3n) is 4.67. The standard InChI is InChI=1S/C21H17Cl2N3O/c22-17-11-16(12-24-20(17)23)21(27)25-18-7-3-1-6-15(18)13-26-10-9-14-5-2-4-8-19(14)26/h1-8,11-12H,9-10,13H2,(H,25,27). The van der Waals surface area contributed by atoms with E-state index in [9.17, 15) is 4.79 Å². The predicted molar refractivity (Wildman–Crippen MR) is 110 cm³/mol. The van der Waals surface area contributed by atoms with Crippen LogP contribution in [0.25, 0.3) is 0 Å². The van der Waals surface area contributed by atoms with Crippen LogP contribution in [0.1, 0.15) is 21.5 Å². The highest BCUT2D eigenvalue weighted by Crippen LogP contribution is 2.30. The van der Waals surface area contributed by atoms with Crippen LogP contribution in [-0.4, -0.2) is 17.4 Å². The maximum atomic E-state index is 12.6. The first-order valence-corrected chi connectivity index (χ1v) is 9.40. The molecule has 0 atom stereocenters. The quantitative estimate of drug-likeness (QED) is 0.615. The minimum Gasteiger partial charge on any atom is -0.367 e. The lowest BCUT2D eigenvalue weighted by Gasteiger charge is -2.21. The van der Waals surface area contributed by atoms with Gasteiger partial charge in [0.15, 0.2) is 0 Å². The fourth-order valence-corrected chi connectivity index (χ4v) is 3.57. The lowest BCUT2D eigenvalue weighted by molar-refractivity contribution is 0.102. The van der Waals surface area contributed by atoms with Crippen LogP contribution >= 0.6 is 23.2 Å². The molecule has 1 amide bonds. The highest BCUT2D eigenvalue weighted by Gasteiger charge is 2.20. The van der Waals surface area contributed by atoms with Crippen molar-refractivity contribution in [1.29, 1.82) is 0 Å². The Morgan fingerprint density at radius 2 is 1.89 bits per heavy atom. The molecule has 1 aliphatic heterocycles. The predicted octanol–water partition coefficient (Wildman–Crippen LogP) is 5.20. The Morgan fingerprint density at radius 3 is 2.74 bits per heavy atom. The number of aromatic nitrogens is 1. The van der Waals surface area contributed by atoms with Crippen molar-refractivity contribution in [2.75, 3.05) is 16.8 Å². The second kappa shape index (κ2) is 7.59. The van der Waals surface area contributed by atoms with Crippen LogP contribution in [0.5, 0.6) is 0 Å². The number of benzene rings is 2. The molecule has 0 spiro atoms. The molecule has 1 aromatic heterocycles. The van der Waals surface area contributed by atoms with Crippen LogP contribution in [0, 0.1) is 0 Å². The zero-order valence-electron chi connectivity index (χ0n) is 14.5. The molecule has 6 heteroatoms. The van der Waals surface area contributed by atoms with E-state index >= 15 is 0 Å². The maximum Gasteiger partial charge on any atom is 0.257 e. The number of anilines is 2. The Hall–Kier alpha value is -2.56. The molecule has 0 fully saturated rings. The summed E-state index contributed by atoms with van der Waals surface area (Å²) in [6.07, 6.45) is 2.46. The number of nitrogens with zero attached hydrogens (tertiary/aromatic N) is 2. The summed E-state index contributed by atoms with van der Waals surface area (Å²) >= 11 is 11.8. The Balaban J connectivity index is 1.55. The third-order valence-corrected chi connectivity index (χ3v) is 5.35. The second-order valence-electron chi connectivity index (χ2n) is 6.41. The SMILES string of the molecule is O=C(Nc1ccccc1CN1CCc2ccccc21)c1cnc(Cl)c(Cl)c1. The third kappa shape index (κ3) is 3.77. The first-order valence-electron chi connectivity index (χ1n) is 8.65. The van der Waals surface area contributed by atoms with Gasteiger partial charge in [0.25, 0.3) is 5.91 Å². The minimum absolute atomic E-state index is 0.182. The Morgan fingerprint density at radius 1 is 1.11 bits per heavy atom. The monoisotopic (exact) mass is 397 g/mol. The summed E-state index contributed by atoms with van der Waals surface area (Å²) in [6.45, 7) is 1.70. The van der Waals surface area contributed by atoms with E-state index in [4.69, 9.17) is 23.2 Å². The van der Waals surface area contributed by atoms with E-state index < -0.39 is 0 Å². The average Bonchev–Trinajstić information content (AvgIpc) is 3.08. The van der Waals surface area contributed by atoms with Crippen LogP contribution in [0.15, 0.2) is 60.8 Å². The summed E-state index contributed by atoms with van der Waals surface area (Å²) in [4.78, 5) is 18.9. The van der Waals surface area contributed by atoms with Crippen LogP contribution in [0.3, 0.4) is 0 Å². The van der Waals surface area contributed by atoms with Gasteiger partial charge in [0.2, 0.25) is 0 Å². The van der Waals surface area contributed by atoms with Crippen molar-refractivity contribution in [1.82, 2.24) is 4.98 Å². The average molecular weight is 398 g/mol. The number of amides is 1. The summed E-state index contributed by atoms with van der Waals surface area (Å²) in [7, 11) is 0. The molecule has 4 nitrogen and oxygen atoms in total. The topological polar surface area (TPSA) is 45.2 Å². The fourth-order valence-electron chi connectivity index (χ4n) is 3.30. The summed E-state index contributed by atoms with van der Waals surface area (Å²) in [5.74, 6) is -0.268. The lowest BCUT2D eigenvalue weighted by atomic mass is 10.1. The van der Waals surface area contributed by atoms with Crippen LogP contribution in [0.2, 0.25) is 10.2 Å². The molecule has 136 valence electrons. The highest BCUT2D eigenvalue weighted by molar-refractivity contribution is 6.41. The number of halogens is 2. The van der Waals surface area contributed by atoms with Gasteiger partial charge in [0.1, 0.15) is 5.15 Å². The van der Waals surface area contributed by atoms with Crippen molar-refractivity contribution in [2.24, 2.45) is 0 Å². The zero-order valence-corrected chi connectivity index (χ0v) is 16.0. The molecule has 2 aromatic carbocycles. The van der Waals surface area contributed by atoms with Gasteiger partial charge in [-0.25, -0.2) is 4.98 Å². The van der Waals surface area contributed by atoms with E-state index in [1.807, 2.05) is 24.3 Å². The largest absolute Gasteiger partial charge is 0.367 e. The van der Waals surface area contributed by atoms with Gasteiger partial charge in [-0.05, 0) is 35.7 Å². The van der Waals surface area contributed by atoms with Gasteiger partial charge in [-0.2, -0.15) is 0 Å². The molecule has 1 N–H and O–H groups in total. The van der Waals surface area contributed by atoms with Gasteiger partial charge in [-0.3, -0.25) is 4.79 Å². The zero-order chi connectivity index (χ0) is 18.8. The fraction of sp³-hybridized carbons (Fsp3) is 0.143. The van der Waals surface area contributed by atoms with Gasteiger partial charge in [0, 0.05) is 30.7 Å². The Labute approximate surface area is 167 Å². The van der Waals surface area contributed by atoms with E-state index in [1.165, 1.54) is 23.5 Å². The summed E-state index contributed by atoms with van der Waals surface area (Å²) in [5.41, 5.74) is 4.81. The van der Waals surface area contributed by atoms with Gasteiger partial charge in [-0.1, -0.05) is 59.6 Å². The van der Waals surface area contributed by atoms with Gasteiger partial charge >= 0.3 is 0 Å². The van der Waals surface area contributed by atoms with Crippen molar-refractivity contribution >= 4 is 40.5 Å². The molecular weight excluding hydrogens is 381 g/mol. The van der Waals surface area contributed by atoms with E-state index in [1.54, 1.807) is 0 Å². The Bertz CT molecular complexity index is 1010. The lowest BCUT2D eigenvalue weighted by Crippen LogP contribution is -2.21. The first kappa shape index (κ1) is 17.8. The van der Waals surface area contributed by atoms with Crippen molar-refractivity contribution in [3.8, 4) is 0 Å². The van der Waals surface area contributed by atoms with Crippen LogP contribution in [0.4, 0.5) is 11.4 Å². The number of fused-ring (bicyclic) bond motifs is 1. The molecule has 2 heterocycles. The summed E-state index contributed by atoms with van der Waals surface area (Å²) in [5, 5.41) is 3.40. The van der Waals surface area contributed by atoms with Gasteiger partial charge < -0.3 is 10.2 Å². The first-order chi connectivity index (χ1) is 13.1. The number of rotatable bonds is 4. The van der Waals surface area contributed by atoms with E-state index in [0.717, 1.165) is 30.8 Å². The molecule has 0 saturated heterocycles. The smallest absolute Gasteiger partial charge is 0.257 e. The van der Waals surface area contributed by atoms with Crippen LogP contribution < -0.4 is 10.2 Å². The van der Waals surface area contributed by atoms with Crippen molar-refractivity contribution < 1.29 is 4.79 Å². The second-order valence-corrected chi connectivity index (χ2v) is 7.17. The molecule has 0 bridgehead atoms. The minimum atomic E-state index is -0.268. The van der Waals surface area contributed by atoms with E-state index in [0.29, 0.717) is 5.56 Å². The number of hydrogen-bond donors (Lipinski definition) is 1. The molecule has 0 saturated carbocycles. The maximum absolute atomic E-state index is 12.6. The Kier molecular flexibility index (Phi) is 5.01. The summed E-state index contributed by atoms with van der Waals surface area (Å²) in [6, 6.07) is 17.8. The van der Waals surface area contributed by atoms with E-state index in [2.05, 4.69) is 39.5 Å². The van der Waals surface area contributed by atoms with Crippen molar-refractivity contribution in [2.45, 2.75) is 13.0 Å². The van der Waals surface area contributed by atoms with Crippen molar-refractivity contribution in [3.05, 3.63) is 87.7 Å². The molecule has 0 unspecified atom stereocenters. The van der Waals surface area contributed by atoms with E-state index in [-0.39, 0.29) is 16.1 Å². The van der Waals surface area contributed by atoms with Gasteiger partial charge in [-0.15, -0.1) is 0 Å². The van der Waals surface area contributed by atoms with Crippen LogP contribution in [-0.2, 0) is 13.0 Å². The number of nitrogens with one attached hydrogen (secondary N) is 1. The molecule has 4 rings (SSSR count). The number of para-hydroxylation sites is 2. The number of carbonyl (C=O) groups excluding carboxylic acids is 1. The normalized spacial score (nSPS) is 12.7. The summed E-state index contributed by atoms with van der Waals surface area (Å²) < 4.78 is 0. The number of carbonyl (C=O) groups is 1. The molecular formula is C21H17Cl2N3O. The number of hydrogen-bond acceptors (Lipinski definition) is 3. The van der Waals surface area contributed by atoms with Gasteiger partial charge in [0.05, 0.1) is 10.6 Å². The molecule has 27 heavy (non-hydrogen) atoms. The molecule has 0 radical (unpaired) electrons. The molecule has 3 aromatic rings. The molecule has 0 aliphatic carbocycles.